The van der Waals surface area contributed by atoms with Gasteiger partial charge in [-0.2, -0.15) is 0 Å². The highest BCUT2D eigenvalue weighted by molar-refractivity contribution is 7.89. The van der Waals surface area contributed by atoms with Gasteiger partial charge in [0.15, 0.2) is 0 Å². The lowest BCUT2D eigenvalue weighted by molar-refractivity contribution is 0.551. The van der Waals surface area contributed by atoms with Gasteiger partial charge in [0.2, 0.25) is 0 Å². The van der Waals surface area contributed by atoms with Crippen LogP contribution in [0, 0.1) is 0 Å². The predicted octanol–water partition coefficient (Wildman–Crippen LogP) is -0.883. The van der Waals surface area contributed by atoms with E-state index in [2.05, 4.69) is 20.0 Å². The van der Waals surface area contributed by atoms with E-state index in [4.69, 9.17) is 0 Å². The minimum Gasteiger partial charge on any atom is -0.315 e. The molecule has 1 aliphatic rings. The third kappa shape index (κ3) is 2.49. The molecule has 2 heterocycles. The van der Waals surface area contributed by atoms with E-state index in [9.17, 15) is 8.42 Å². The van der Waals surface area contributed by atoms with Crippen LogP contribution in [0.3, 0.4) is 0 Å². The van der Waals surface area contributed by atoms with E-state index in [-0.39, 0.29) is 11.2 Å². The van der Waals surface area contributed by atoms with Gasteiger partial charge in [-0.1, -0.05) is 0 Å². The lowest BCUT2D eigenvalue weighted by Gasteiger charge is -2.09. The molecule has 1 aromatic heterocycles. The Labute approximate surface area is 88.2 Å². The number of sulfonamides is 1. The molecule has 2 rings (SSSR count). The highest BCUT2D eigenvalue weighted by Crippen LogP contribution is 2.04. The van der Waals surface area contributed by atoms with Crippen LogP contribution in [-0.4, -0.2) is 37.5 Å². The molecule has 2 N–H and O–H groups in total. The number of nitrogens with zero attached hydrogens (tertiary/aromatic N) is 2. The van der Waals surface area contributed by atoms with Gasteiger partial charge in [0, 0.05) is 25.0 Å². The van der Waals surface area contributed by atoms with Crippen molar-refractivity contribution >= 4 is 10.0 Å². The molecule has 15 heavy (non-hydrogen) atoms. The fourth-order valence-corrected chi connectivity index (χ4v) is 2.60. The summed E-state index contributed by atoms with van der Waals surface area (Å²) in [5.74, 6) is 0. The minimum absolute atomic E-state index is 0.0567. The zero-order valence-corrected chi connectivity index (χ0v) is 8.87. The minimum atomic E-state index is -3.56. The van der Waals surface area contributed by atoms with Crippen LogP contribution < -0.4 is 10.0 Å². The topological polar surface area (TPSA) is 84.0 Å². The Kier molecular flexibility index (Phi) is 2.94. The first kappa shape index (κ1) is 10.5. The molecule has 6 nitrogen and oxygen atoms in total. The molecular formula is C8H12N4O2S. The third-order valence-corrected chi connectivity index (χ3v) is 3.50. The van der Waals surface area contributed by atoms with E-state index in [1.807, 2.05) is 0 Å². The molecule has 1 aliphatic heterocycles. The maximum atomic E-state index is 11.7. The summed E-state index contributed by atoms with van der Waals surface area (Å²) in [6.45, 7) is 1.49. The predicted molar refractivity (Wildman–Crippen MR) is 53.6 cm³/mol. The van der Waals surface area contributed by atoms with Gasteiger partial charge in [-0.25, -0.2) is 23.1 Å². The number of nitrogens with one attached hydrogen (secondary N) is 2. The molecule has 82 valence electrons. The summed E-state index contributed by atoms with van der Waals surface area (Å²) in [5, 5.41) is 2.91. The zero-order chi connectivity index (χ0) is 10.7. The van der Waals surface area contributed by atoms with Crippen LogP contribution >= 0.6 is 0 Å². The summed E-state index contributed by atoms with van der Waals surface area (Å²) in [6, 6.07) is 1.52. The normalized spacial score (nSPS) is 21.7. The van der Waals surface area contributed by atoms with Crippen molar-refractivity contribution in [2.45, 2.75) is 17.6 Å². The number of aromatic nitrogens is 2. The smallest absolute Gasteiger partial charge is 0.276 e. The number of hydrogen-bond donors (Lipinski definition) is 2. The Bertz CT molecular complexity index is 414. The van der Waals surface area contributed by atoms with Gasteiger partial charge in [-0.15, -0.1) is 0 Å². The maximum Gasteiger partial charge on any atom is 0.276 e. The first-order valence-electron chi connectivity index (χ1n) is 4.68. The Balaban J connectivity index is 2.13. The van der Waals surface area contributed by atoms with Crippen LogP contribution in [0.25, 0.3) is 0 Å². The summed E-state index contributed by atoms with van der Waals surface area (Å²) in [4.78, 5) is 7.42. The van der Waals surface area contributed by atoms with Crippen LogP contribution in [0.15, 0.2) is 23.6 Å². The highest BCUT2D eigenvalue weighted by atomic mass is 32.2. The standard InChI is InChI=1S/C8H12N4O2S/c13-15(14,8-10-3-1-4-11-8)12-7-2-5-9-6-7/h1,3-4,7,9,12H,2,5-6H2. The Hall–Kier alpha value is -1.05. The molecule has 0 aliphatic carbocycles. The van der Waals surface area contributed by atoms with Crippen LogP contribution in [0.2, 0.25) is 0 Å². The lowest BCUT2D eigenvalue weighted by atomic mass is 10.3. The van der Waals surface area contributed by atoms with Gasteiger partial charge in [-0.05, 0) is 19.0 Å². The maximum absolute atomic E-state index is 11.7. The van der Waals surface area contributed by atoms with Crippen molar-refractivity contribution in [1.29, 1.82) is 0 Å². The highest BCUT2D eigenvalue weighted by Gasteiger charge is 2.24. The molecule has 1 unspecified atom stereocenters. The summed E-state index contributed by atoms with van der Waals surface area (Å²) in [5.41, 5.74) is 0. The second-order valence-electron chi connectivity index (χ2n) is 3.34. The van der Waals surface area contributed by atoms with Crippen LogP contribution in [0.1, 0.15) is 6.42 Å². The number of rotatable bonds is 3. The van der Waals surface area contributed by atoms with E-state index in [0.29, 0.717) is 6.54 Å². The van der Waals surface area contributed by atoms with Gasteiger partial charge in [0.05, 0.1) is 0 Å². The molecular weight excluding hydrogens is 216 g/mol. The average Bonchev–Trinajstić information content (AvgIpc) is 2.71. The summed E-state index contributed by atoms with van der Waals surface area (Å²) in [7, 11) is -3.56. The second-order valence-corrected chi connectivity index (χ2v) is 4.95. The fourth-order valence-electron chi connectivity index (χ4n) is 1.45. The molecule has 0 bridgehead atoms. The Morgan fingerprint density at radius 2 is 2.13 bits per heavy atom. The van der Waals surface area contributed by atoms with Crippen molar-refractivity contribution in [3.05, 3.63) is 18.5 Å². The molecule has 1 atom stereocenters. The average molecular weight is 228 g/mol. The zero-order valence-electron chi connectivity index (χ0n) is 8.05. The first-order valence-corrected chi connectivity index (χ1v) is 6.17. The van der Waals surface area contributed by atoms with Crippen molar-refractivity contribution in [2.75, 3.05) is 13.1 Å². The van der Waals surface area contributed by atoms with E-state index >= 15 is 0 Å². The molecule has 0 spiro atoms. The van der Waals surface area contributed by atoms with E-state index < -0.39 is 10.0 Å². The monoisotopic (exact) mass is 228 g/mol. The van der Waals surface area contributed by atoms with Crippen molar-refractivity contribution in [3.8, 4) is 0 Å². The summed E-state index contributed by atoms with van der Waals surface area (Å²) in [6.07, 6.45) is 3.62. The van der Waals surface area contributed by atoms with Crippen molar-refractivity contribution in [2.24, 2.45) is 0 Å². The lowest BCUT2D eigenvalue weighted by Crippen LogP contribution is -2.36. The van der Waals surface area contributed by atoms with Crippen molar-refractivity contribution in [1.82, 2.24) is 20.0 Å². The Morgan fingerprint density at radius 1 is 1.40 bits per heavy atom. The molecule has 0 saturated carbocycles. The Morgan fingerprint density at radius 3 is 2.73 bits per heavy atom. The molecule has 7 heteroatoms. The van der Waals surface area contributed by atoms with Gasteiger partial charge in [-0.3, -0.25) is 0 Å². The van der Waals surface area contributed by atoms with Gasteiger partial charge >= 0.3 is 0 Å². The molecule has 1 saturated heterocycles. The van der Waals surface area contributed by atoms with E-state index in [1.165, 1.54) is 12.4 Å². The molecule has 1 fully saturated rings. The molecule has 1 aromatic rings. The van der Waals surface area contributed by atoms with Crippen LogP contribution in [0.5, 0.6) is 0 Å². The third-order valence-electron chi connectivity index (χ3n) is 2.16. The van der Waals surface area contributed by atoms with Crippen LogP contribution in [0.4, 0.5) is 0 Å². The molecule has 0 aromatic carbocycles. The first-order chi connectivity index (χ1) is 7.18. The van der Waals surface area contributed by atoms with Crippen LogP contribution in [-0.2, 0) is 10.0 Å². The molecule has 0 radical (unpaired) electrons. The van der Waals surface area contributed by atoms with Gasteiger partial charge in [0.1, 0.15) is 0 Å². The second kappa shape index (κ2) is 4.21. The summed E-state index contributed by atoms with van der Waals surface area (Å²) < 4.78 is 26.0. The largest absolute Gasteiger partial charge is 0.315 e. The van der Waals surface area contributed by atoms with E-state index in [1.54, 1.807) is 6.07 Å². The quantitative estimate of drug-likeness (QED) is 0.656. The van der Waals surface area contributed by atoms with Crippen molar-refractivity contribution < 1.29 is 8.42 Å². The number of hydrogen-bond acceptors (Lipinski definition) is 5. The molecule has 0 amide bonds. The van der Waals surface area contributed by atoms with Gasteiger partial charge in [0.25, 0.3) is 15.2 Å². The fraction of sp³-hybridized carbons (Fsp3) is 0.500. The SMILES string of the molecule is O=S(=O)(NC1CCNC1)c1ncccn1. The van der Waals surface area contributed by atoms with Gasteiger partial charge < -0.3 is 5.32 Å². The van der Waals surface area contributed by atoms with Crippen molar-refractivity contribution in [3.63, 3.8) is 0 Å². The van der Waals surface area contributed by atoms with E-state index in [0.717, 1.165) is 13.0 Å². The summed E-state index contributed by atoms with van der Waals surface area (Å²) >= 11 is 0.